The molecule has 3 rings (SSSR count). The molecule has 0 radical (unpaired) electrons. The van der Waals surface area contributed by atoms with E-state index in [9.17, 15) is 20.0 Å². The molecule has 0 saturated carbocycles. The van der Waals surface area contributed by atoms with Crippen LogP contribution in [0.2, 0.25) is 5.02 Å². The number of rotatable bonds is 7. The van der Waals surface area contributed by atoms with Crippen LogP contribution in [0.5, 0.6) is 5.75 Å². The number of carbonyl (C=O) groups excluding carboxylic acids is 1. The van der Waals surface area contributed by atoms with E-state index in [1.807, 2.05) is 6.92 Å². The maximum atomic E-state index is 12.5. The standard InChI is InChI=1S/C21H20ClN3O4/c1-2-3-10-18(26)24-19(13-7-4-5-9-16(13)22)15-12-17(25(28)29)14-8-6-11-23-20(14)21(15)27/h4-9,11-12,19,27H,2-3,10H2,1H3,(H,24,26)/t19-/m1/s1. The number of unbranched alkanes of at least 4 members (excludes halogenated alkanes) is 1. The van der Waals surface area contributed by atoms with Gasteiger partial charge in [0.05, 0.1) is 16.4 Å². The summed E-state index contributed by atoms with van der Waals surface area (Å²) in [4.78, 5) is 27.7. The van der Waals surface area contributed by atoms with Crippen molar-refractivity contribution in [3.63, 3.8) is 0 Å². The van der Waals surface area contributed by atoms with Crippen LogP contribution in [0.15, 0.2) is 48.7 Å². The van der Waals surface area contributed by atoms with E-state index < -0.39 is 11.0 Å². The van der Waals surface area contributed by atoms with Crippen LogP contribution in [-0.2, 0) is 4.79 Å². The number of carbonyl (C=O) groups is 1. The van der Waals surface area contributed by atoms with E-state index >= 15 is 0 Å². The normalized spacial score (nSPS) is 11.9. The van der Waals surface area contributed by atoms with Crippen LogP contribution in [0.1, 0.15) is 43.4 Å². The largest absolute Gasteiger partial charge is 0.505 e. The van der Waals surface area contributed by atoms with Crippen molar-refractivity contribution in [3.05, 3.63) is 74.9 Å². The fourth-order valence-corrected chi connectivity index (χ4v) is 3.45. The van der Waals surface area contributed by atoms with Gasteiger partial charge in [0, 0.05) is 29.3 Å². The summed E-state index contributed by atoms with van der Waals surface area (Å²) in [7, 11) is 0. The number of nitrogens with zero attached hydrogens (tertiary/aromatic N) is 2. The second-order valence-electron chi connectivity index (χ2n) is 6.62. The molecule has 0 spiro atoms. The molecule has 0 bridgehead atoms. The molecular weight excluding hydrogens is 394 g/mol. The third-order valence-corrected chi connectivity index (χ3v) is 5.00. The summed E-state index contributed by atoms with van der Waals surface area (Å²) in [5.74, 6) is -0.466. The van der Waals surface area contributed by atoms with Gasteiger partial charge in [-0.05, 0) is 30.2 Å². The molecule has 1 atom stereocenters. The number of pyridine rings is 1. The molecule has 0 aliphatic heterocycles. The molecule has 0 aliphatic rings. The van der Waals surface area contributed by atoms with Crippen LogP contribution in [0, 0.1) is 10.1 Å². The second-order valence-corrected chi connectivity index (χ2v) is 7.02. The van der Waals surface area contributed by atoms with Crippen LogP contribution in [0.3, 0.4) is 0 Å². The summed E-state index contributed by atoms with van der Waals surface area (Å²) < 4.78 is 0. The Balaban J connectivity index is 2.21. The van der Waals surface area contributed by atoms with Gasteiger partial charge in [-0.25, -0.2) is 0 Å². The number of hydrogen-bond donors (Lipinski definition) is 2. The van der Waals surface area contributed by atoms with Crippen molar-refractivity contribution in [1.82, 2.24) is 10.3 Å². The van der Waals surface area contributed by atoms with Gasteiger partial charge in [-0.1, -0.05) is 43.1 Å². The van der Waals surface area contributed by atoms with Gasteiger partial charge in [0.15, 0.2) is 0 Å². The highest BCUT2D eigenvalue weighted by molar-refractivity contribution is 6.31. The number of aromatic hydroxyl groups is 1. The summed E-state index contributed by atoms with van der Waals surface area (Å²) in [5, 5.41) is 26.0. The molecule has 0 aliphatic carbocycles. The van der Waals surface area contributed by atoms with Crippen molar-refractivity contribution in [2.24, 2.45) is 0 Å². The number of nitro benzene ring substituents is 1. The Bertz CT molecular complexity index is 1070. The number of nitrogens with one attached hydrogen (secondary N) is 1. The summed E-state index contributed by atoms with van der Waals surface area (Å²) >= 11 is 6.35. The van der Waals surface area contributed by atoms with Crippen molar-refractivity contribution in [2.45, 2.75) is 32.2 Å². The fraction of sp³-hybridized carbons (Fsp3) is 0.238. The van der Waals surface area contributed by atoms with Crippen LogP contribution in [0.4, 0.5) is 5.69 Å². The van der Waals surface area contributed by atoms with Gasteiger partial charge >= 0.3 is 0 Å². The lowest BCUT2D eigenvalue weighted by Crippen LogP contribution is -2.29. The highest BCUT2D eigenvalue weighted by Gasteiger charge is 2.27. The molecule has 7 nitrogen and oxygen atoms in total. The molecule has 2 N–H and O–H groups in total. The first-order chi connectivity index (χ1) is 13.9. The summed E-state index contributed by atoms with van der Waals surface area (Å²) in [6.45, 7) is 1.98. The summed E-state index contributed by atoms with van der Waals surface area (Å²) in [6, 6.07) is 10.4. The van der Waals surface area contributed by atoms with E-state index in [4.69, 9.17) is 11.6 Å². The number of aromatic nitrogens is 1. The predicted molar refractivity (Wildman–Crippen MR) is 111 cm³/mol. The Morgan fingerprint density at radius 2 is 2.03 bits per heavy atom. The first-order valence-corrected chi connectivity index (χ1v) is 9.60. The van der Waals surface area contributed by atoms with E-state index in [1.54, 1.807) is 30.3 Å². The maximum Gasteiger partial charge on any atom is 0.279 e. The third-order valence-electron chi connectivity index (χ3n) is 4.66. The predicted octanol–water partition coefficient (Wildman–Crippen LogP) is 4.90. The molecular formula is C21H20ClN3O4. The second kappa shape index (κ2) is 8.87. The number of fused-ring (bicyclic) bond motifs is 1. The zero-order chi connectivity index (χ0) is 21.0. The van der Waals surface area contributed by atoms with E-state index in [0.29, 0.717) is 23.4 Å². The van der Waals surface area contributed by atoms with Gasteiger partial charge in [-0.2, -0.15) is 0 Å². The number of amides is 1. The zero-order valence-corrected chi connectivity index (χ0v) is 16.5. The lowest BCUT2D eigenvalue weighted by atomic mass is 9.95. The smallest absolute Gasteiger partial charge is 0.279 e. The molecule has 0 unspecified atom stereocenters. The number of phenolic OH excluding ortho intramolecular Hbond substituents is 1. The number of phenols is 1. The van der Waals surface area contributed by atoms with Crippen LogP contribution in [-0.4, -0.2) is 20.9 Å². The molecule has 3 aromatic rings. The quantitative estimate of drug-likeness (QED) is 0.423. The molecule has 0 fully saturated rings. The number of non-ortho nitro benzene ring substituents is 1. The molecule has 0 saturated heterocycles. The Labute approximate surface area is 172 Å². The van der Waals surface area contributed by atoms with Gasteiger partial charge in [-0.15, -0.1) is 0 Å². The number of halogens is 1. The topological polar surface area (TPSA) is 105 Å². The summed E-state index contributed by atoms with van der Waals surface area (Å²) in [5.41, 5.74) is 0.581. The van der Waals surface area contributed by atoms with Crippen molar-refractivity contribution in [1.29, 1.82) is 0 Å². The van der Waals surface area contributed by atoms with Crippen molar-refractivity contribution in [3.8, 4) is 5.75 Å². The lowest BCUT2D eigenvalue weighted by Gasteiger charge is -2.22. The third kappa shape index (κ3) is 4.30. The molecule has 2 aromatic carbocycles. The van der Waals surface area contributed by atoms with Crippen molar-refractivity contribution in [2.75, 3.05) is 0 Å². The molecule has 150 valence electrons. The minimum Gasteiger partial charge on any atom is -0.505 e. The highest BCUT2D eigenvalue weighted by Crippen LogP contribution is 2.40. The Morgan fingerprint density at radius 3 is 2.72 bits per heavy atom. The van der Waals surface area contributed by atoms with Gasteiger partial charge < -0.3 is 10.4 Å². The lowest BCUT2D eigenvalue weighted by molar-refractivity contribution is -0.383. The first-order valence-electron chi connectivity index (χ1n) is 9.22. The van der Waals surface area contributed by atoms with Gasteiger partial charge in [0.2, 0.25) is 5.91 Å². The molecule has 8 heteroatoms. The van der Waals surface area contributed by atoms with Gasteiger partial charge in [-0.3, -0.25) is 19.9 Å². The van der Waals surface area contributed by atoms with Crippen molar-refractivity contribution >= 4 is 34.1 Å². The fourth-order valence-electron chi connectivity index (χ4n) is 3.20. The first kappa shape index (κ1) is 20.5. The molecule has 1 aromatic heterocycles. The minimum absolute atomic E-state index is 0.0940. The van der Waals surface area contributed by atoms with E-state index in [-0.39, 0.29) is 33.8 Å². The average molecular weight is 414 g/mol. The van der Waals surface area contributed by atoms with Gasteiger partial charge in [0.1, 0.15) is 11.3 Å². The van der Waals surface area contributed by atoms with E-state index in [0.717, 1.165) is 6.42 Å². The highest BCUT2D eigenvalue weighted by atomic mass is 35.5. The molecule has 29 heavy (non-hydrogen) atoms. The Morgan fingerprint density at radius 1 is 1.28 bits per heavy atom. The van der Waals surface area contributed by atoms with Crippen LogP contribution >= 0.6 is 11.6 Å². The Hall–Kier alpha value is -3.19. The van der Waals surface area contributed by atoms with Crippen molar-refractivity contribution < 1.29 is 14.8 Å². The summed E-state index contributed by atoms with van der Waals surface area (Å²) in [6.07, 6.45) is 3.29. The van der Waals surface area contributed by atoms with E-state index in [1.165, 1.54) is 18.3 Å². The maximum absolute atomic E-state index is 12.5. The minimum atomic E-state index is -0.863. The number of benzene rings is 2. The monoisotopic (exact) mass is 413 g/mol. The van der Waals surface area contributed by atoms with E-state index in [2.05, 4.69) is 10.3 Å². The SMILES string of the molecule is CCCCC(=O)N[C@H](c1ccccc1Cl)c1cc([N+](=O)[O-])c2cccnc2c1O. The van der Waals surface area contributed by atoms with Crippen LogP contribution in [0.25, 0.3) is 10.9 Å². The zero-order valence-electron chi connectivity index (χ0n) is 15.8. The van der Waals surface area contributed by atoms with Gasteiger partial charge in [0.25, 0.3) is 5.69 Å². The molecule has 1 heterocycles. The average Bonchev–Trinajstić information content (AvgIpc) is 2.71. The number of nitro groups is 1. The Kier molecular flexibility index (Phi) is 6.29. The number of hydrogen-bond acceptors (Lipinski definition) is 5. The molecule has 1 amide bonds. The van der Waals surface area contributed by atoms with Crippen LogP contribution < -0.4 is 5.32 Å².